The van der Waals surface area contributed by atoms with Crippen molar-refractivity contribution < 1.29 is 5.11 Å². The van der Waals surface area contributed by atoms with E-state index in [0.717, 1.165) is 39.0 Å². The van der Waals surface area contributed by atoms with Gasteiger partial charge in [0.2, 0.25) is 0 Å². The summed E-state index contributed by atoms with van der Waals surface area (Å²) in [7, 11) is 0. The van der Waals surface area contributed by atoms with Gasteiger partial charge in [0.15, 0.2) is 0 Å². The van der Waals surface area contributed by atoms with Gasteiger partial charge in [-0.1, -0.05) is 30.3 Å². The lowest BCUT2D eigenvalue weighted by Crippen LogP contribution is -2.44. The summed E-state index contributed by atoms with van der Waals surface area (Å²) >= 11 is 0. The SMILES string of the molecule is OC1CN(Cc2ccccc2)C2(CCNC2)C1. The molecule has 3 nitrogen and oxygen atoms in total. The van der Waals surface area contributed by atoms with Crippen molar-refractivity contribution in [3.8, 4) is 0 Å². The van der Waals surface area contributed by atoms with Gasteiger partial charge in [-0.25, -0.2) is 0 Å². The van der Waals surface area contributed by atoms with E-state index in [-0.39, 0.29) is 11.6 Å². The van der Waals surface area contributed by atoms with Crippen molar-refractivity contribution in [1.29, 1.82) is 0 Å². The number of benzene rings is 1. The number of hydrogen-bond donors (Lipinski definition) is 2. The van der Waals surface area contributed by atoms with Crippen molar-refractivity contribution in [1.82, 2.24) is 10.2 Å². The number of nitrogens with one attached hydrogen (secondary N) is 1. The Hall–Kier alpha value is -0.900. The molecule has 2 aliphatic heterocycles. The van der Waals surface area contributed by atoms with E-state index in [9.17, 15) is 5.11 Å². The van der Waals surface area contributed by atoms with Gasteiger partial charge in [0.1, 0.15) is 0 Å². The number of likely N-dealkylation sites (tertiary alicyclic amines) is 1. The fourth-order valence-corrected chi connectivity index (χ4v) is 3.29. The molecule has 92 valence electrons. The van der Waals surface area contributed by atoms with Crippen LogP contribution in [0.1, 0.15) is 18.4 Å². The van der Waals surface area contributed by atoms with Crippen LogP contribution in [-0.4, -0.2) is 41.3 Å². The first-order chi connectivity index (χ1) is 8.28. The zero-order chi connectivity index (χ0) is 11.7. The molecule has 0 radical (unpaired) electrons. The van der Waals surface area contributed by atoms with Gasteiger partial charge in [-0.05, 0) is 24.9 Å². The van der Waals surface area contributed by atoms with Crippen LogP contribution >= 0.6 is 0 Å². The van der Waals surface area contributed by atoms with Gasteiger partial charge in [0.25, 0.3) is 0 Å². The third kappa shape index (κ3) is 2.10. The van der Waals surface area contributed by atoms with Crippen LogP contribution in [0.15, 0.2) is 30.3 Å². The third-order valence-corrected chi connectivity index (χ3v) is 4.15. The average molecular weight is 232 g/mol. The number of rotatable bonds is 2. The molecule has 2 N–H and O–H groups in total. The predicted molar refractivity (Wildman–Crippen MR) is 67.7 cm³/mol. The van der Waals surface area contributed by atoms with E-state index >= 15 is 0 Å². The molecule has 2 saturated heterocycles. The number of aliphatic hydroxyl groups is 1. The Labute approximate surface area is 102 Å². The number of nitrogens with zero attached hydrogens (tertiary/aromatic N) is 1. The van der Waals surface area contributed by atoms with Crippen LogP contribution in [0, 0.1) is 0 Å². The van der Waals surface area contributed by atoms with E-state index in [1.807, 2.05) is 0 Å². The first-order valence-electron chi connectivity index (χ1n) is 6.46. The maximum atomic E-state index is 9.93. The summed E-state index contributed by atoms with van der Waals surface area (Å²) in [6.45, 7) is 3.88. The molecule has 0 aromatic heterocycles. The van der Waals surface area contributed by atoms with Crippen LogP contribution in [0.5, 0.6) is 0 Å². The Morgan fingerprint density at radius 3 is 2.88 bits per heavy atom. The molecule has 2 heterocycles. The summed E-state index contributed by atoms with van der Waals surface area (Å²) in [5.41, 5.74) is 1.54. The molecule has 0 aliphatic carbocycles. The van der Waals surface area contributed by atoms with Crippen molar-refractivity contribution in [2.75, 3.05) is 19.6 Å². The Balaban J connectivity index is 1.77. The van der Waals surface area contributed by atoms with Gasteiger partial charge in [-0.3, -0.25) is 4.90 Å². The molecule has 0 bridgehead atoms. The van der Waals surface area contributed by atoms with Crippen molar-refractivity contribution >= 4 is 0 Å². The number of hydrogen-bond acceptors (Lipinski definition) is 3. The van der Waals surface area contributed by atoms with Crippen LogP contribution in [0.25, 0.3) is 0 Å². The second-order valence-corrected chi connectivity index (χ2v) is 5.38. The first kappa shape index (κ1) is 11.2. The summed E-state index contributed by atoms with van der Waals surface area (Å²) in [4.78, 5) is 2.47. The van der Waals surface area contributed by atoms with Gasteiger partial charge in [0.05, 0.1) is 6.10 Å². The molecule has 17 heavy (non-hydrogen) atoms. The standard InChI is InChI=1S/C14H20N2O/c17-13-8-14(6-7-15-11-14)16(10-13)9-12-4-2-1-3-5-12/h1-5,13,15,17H,6-11H2. The minimum Gasteiger partial charge on any atom is -0.392 e. The summed E-state index contributed by atoms with van der Waals surface area (Å²) in [5.74, 6) is 0. The Morgan fingerprint density at radius 2 is 2.18 bits per heavy atom. The van der Waals surface area contributed by atoms with Crippen LogP contribution in [0.4, 0.5) is 0 Å². The summed E-state index contributed by atoms with van der Waals surface area (Å²) in [6.07, 6.45) is 1.93. The van der Waals surface area contributed by atoms with Gasteiger partial charge >= 0.3 is 0 Å². The van der Waals surface area contributed by atoms with Crippen molar-refractivity contribution in [2.45, 2.75) is 31.0 Å². The molecule has 0 saturated carbocycles. The Bertz CT molecular complexity index is 373. The van der Waals surface area contributed by atoms with E-state index in [4.69, 9.17) is 0 Å². The molecular weight excluding hydrogens is 212 g/mol. The lowest BCUT2D eigenvalue weighted by Gasteiger charge is -2.34. The summed E-state index contributed by atoms with van der Waals surface area (Å²) in [5, 5.41) is 13.4. The molecule has 2 unspecified atom stereocenters. The molecule has 3 heteroatoms. The van der Waals surface area contributed by atoms with Gasteiger partial charge in [-0.15, -0.1) is 0 Å². The molecule has 2 fully saturated rings. The van der Waals surface area contributed by atoms with Gasteiger partial charge < -0.3 is 10.4 Å². The largest absolute Gasteiger partial charge is 0.392 e. The number of β-amino-alcohol motifs (C(OH)–C–C–N with tert-alkyl or cyclic N) is 1. The van der Waals surface area contributed by atoms with E-state index in [1.165, 1.54) is 5.56 Å². The molecule has 2 atom stereocenters. The van der Waals surface area contributed by atoms with Crippen LogP contribution in [0.3, 0.4) is 0 Å². The third-order valence-electron chi connectivity index (χ3n) is 4.15. The molecule has 0 amide bonds. The molecule has 1 aromatic carbocycles. The highest BCUT2D eigenvalue weighted by Crippen LogP contribution is 2.35. The zero-order valence-corrected chi connectivity index (χ0v) is 10.1. The van der Waals surface area contributed by atoms with Crippen molar-refractivity contribution in [3.05, 3.63) is 35.9 Å². The highest BCUT2D eigenvalue weighted by molar-refractivity contribution is 5.16. The fourth-order valence-electron chi connectivity index (χ4n) is 3.29. The highest BCUT2D eigenvalue weighted by atomic mass is 16.3. The number of aliphatic hydroxyl groups excluding tert-OH is 1. The Kier molecular flexibility index (Phi) is 2.90. The Morgan fingerprint density at radius 1 is 1.35 bits per heavy atom. The lowest BCUT2D eigenvalue weighted by atomic mass is 9.94. The van der Waals surface area contributed by atoms with Crippen molar-refractivity contribution in [2.24, 2.45) is 0 Å². The summed E-state index contributed by atoms with van der Waals surface area (Å²) in [6, 6.07) is 10.6. The van der Waals surface area contributed by atoms with Crippen LogP contribution < -0.4 is 5.32 Å². The minimum absolute atomic E-state index is 0.154. The van der Waals surface area contributed by atoms with E-state index in [0.29, 0.717) is 0 Å². The maximum Gasteiger partial charge on any atom is 0.0685 e. The first-order valence-corrected chi connectivity index (χ1v) is 6.46. The van der Waals surface area contributed by atoms with Crippen LogP contribution in [-0.2, 0) is 6.54 Å². The molecule has 1 spiro atoms. The maximum absolute atomic E-state index is 9.93. The normalized spacial score (nSPS) is 33.6. The van der Waals surface area contributed by atoms with Gasteiger partial charge in [0, 0.05) is 25.2 Å². The van der Waals surface area contributed by atoms with E-state index < -0.39 is 0 Å². The average Bonchev–Trinajstić information content (AvgIpc) is 2.90. The topological polar surface area (TPSA) is 35.5 Å². The lowest BCUT2D eigenvalue weighted by molar-refractivity contribution is 0.144. The van der Waals surface area contributed by atoms with E-state index in [1.54, 1.807) is 0 Å². The second kappa shape index (κ2) is 4.41. The molecule has 2 aliphatic rings. The molecule has 3 rings (SSSR count). The van der Waals surface area contributed by atoms with Crippen LogP contribution in [0.2, 0.25) is 0 Å². The smallest absolute Gasteiger partial charge is 0.0685 e. The quantitative estimate of drug-likeness (QED) is 0.798. The second-order valence-electron chi connectivity index (χ2n) is 5.38. The molecule has 1 aromatic rings. The summed E-state index contributed by atoms with van der Waals surface area (Å²) < 4.78 is 0. The minimum atomic E-state index is -0.154. The zero-order valence-electron chi connectivity index (χ0n) is 10.1. The van der Waals surface area contributed by atoms with E-state index in [2.05, 4.69) is 40.5 Å². The van der Waals surface area contributed by atoms with Gasteiger partial charge in [-0.2, -0.15) is 0 Å². The monoisotopic (exact) mass is 232 g/mol. The highest BCUT2D eigenvalue weighted by Gasteiger charge is 2.46. The fraction of sp³-hybridized carbons (Fsp3) is 0.571. The molecular formula is C14H20N2O. The predicted octanol–water partition coefficient (Wildman–Crippen LogP) is 0.985. The van der Waals surface area contributed by atoms with Crippen molar-refractivity contribution in [3.63, 3.8) is 0 Å².